The van der Waals surface area contributed by atoms with Crippen molar-refractivity contribution >= 4 is 46.3 Å². The highest BCUT2D eigenvalue weighted by molar-refractivity contribution is 8.26. The lowest BCUT2D eigenvalue weighted by atomic mass is 10.1. The van der Waals surface area contributed by atoms with Gasteiger partial charge in [-0.15, -0.1) is 0 Å². The van der Waals surface area contributed by atoms with Gasteiger partial charge in [0.05, 0.1) is 18.0 Å². The second-order valence-corrected chi connectivity index (χ2v) is 7.52. The number of hydrogen-bond acceptors (Lipinski definition) is 6. The van der Waals surface area contributed by atoms with Crippen LogP contribution >= 0.6 is 24.0 Å². The van der Waals surface area contributed by atoms with Crippen molar-refractivity contribution in [1.29, 1.82) is 0 Å². The summed E-state index contributed by atoms with van der Waals surface area (Å²) in [5.74, 6) is -0.578. The number of carboxylic acids is 1. The number of nitrogens with zero attached hydrogens (tertiary/aromatic N) is 1. The van der Waals surface area contributed by atoms with Crippen LogP contribution in [0.5, 0.6) is 5.75 Å². The van der Waals surface area contributed by atoms with Gasteiger partial charge in [-0.05, 0) is 41.3 Å². The number of methoxy groups -OCH3 is 1. The fourth-order valence-corrected chi connectivity index (χ4v) is 3.90. The highest BCUT2D eigenvalue weighted by Crippen LogP contribution is 2.32. The number of benzene rings is 2. The zero-order chi connectivity index (χ0) is 19.4. The van der Waals surface area contributed by atoms with Gasteiger partial charge in [-0.2, -0.15) is 0 Å². The Hall–Kier alpha value is -2.64. The fourth-order valence-electron chi connectivity index (χ4n) is 2.59. The summed E-state index contributed by atoms with van der Waals surface area (Å²) in [4.78, 5) is 25.6. The van der Waals surface area contributed by atoms with Gasteiger partial charge in [0, 0.05) is 6.54 Å². The van der Waals surface area contributed by atoms with Gasteiger partial charge < -0.3 is 14.6 Å². The molecule has 0 aliphatic carbocycles. The van der Waals surface area contributed by atoms with Crippen molar-refractivity contribution in [2.75, 3.05) is 13.7 Å². The van der Waals surface area contributed by atoms with E-state index in [9.17, 15) is 14.7 Å². The lowest BCUT2D eigenvalue weighted by Crippen LogP contribution is -2.30. The summed E-state index contributed by atoms with van der Waals surface area (Å²) in [6.45, 7) is 0.498. The van der Waals surface area contributed by atoms with Gasteiger partial charge in [0.15, 0.2) is 0 Å². The van der Waals surface area contributed by atoms with Crippen LogP contribution in [0.3, 0.4) is 0 Å². The van der Waals surface area contributed by atoms with Crippen molar-refractivity contribution in [2.24, 2.45) is 0 Å². The van der Waals surface area contributed by atoms with Crippen LogP contribution in [-0.4, -0.2) is 34.8 Å². The Bertz CT molecular complexity index is 905. The van der Waals surface area contributed by atoms with E-state index < -0.39 is 5.97 Å². The first-order chi connectivity index (χ1) is 13.0. The number of hydrogen-bond donors (Lipinski definition) is 0. The average molecular weight is 398 g/mol. The Labute approximate surface area is 166 Å². The summed E-state index contributed by atoms with van der Waals surface area (Å²) in [5, 5.41) is 10.8. The van der Waals surface area contributed by atoms with Gasteiger partial charge in [-0.25, -0.2) is 0 Å². The SMILES string of the molecule is COc1ccc(CCN2C(=O)/C(=C/c3ccc(C(=O)[O-])cc3)SC2=S)cc1. The molecule has 1 saturated heterocycles. The molecule has 2 aromatic carbocycles. The van der Waals surface area contributed by atoms with E-state index in [1.807, 2.05) is 24.3 Å². The summed E-state index contributed by atoms with van der Waals surface area (Å²) in [6.07, 6.45) is 2.40. The van der Waals surface area contributed by atoms with E-state index in [-0.39, 0.29) is 11.5 Å². The minimum absolute atomic E-state index is 0.0965. The smallest absolute Gasteiger partial charge is 0.266 e. The summed E-state index contributed by atoms with van der Waals surface area (Å²) >= 11 is 6.59. The number of carbonyl (C=O) groups excluding carboxylic acids is 2. The Morgan fingerprint density at radius 1 is 1.19 bits per heavy atom. The number of aromatic carboxylic acids is 1. The molecule has 27 heavy (non-hydrogen) atoms. The topological polar surface area (TPSA) is 69.7 Å². The Morgan fingerprint density at radius 2 is 1.85 bits per heavy atom. The standard InChI is InChI=1S/C20H17NO4S2/c1-25-16-8-4-13(5-9-16)10-11-21-18(22)17(27-20(21)26)12-14-2-6-15(7-3-14)19(23)24/h2-9,12H,10-11H2,1H3,(H,23,24)/p-1/b17-12-. The van der Waals surface area contributed by atoms with Crippen molar-refractivity contribution in [1.82, 2.24) is 4.90 Å². The first kappa shape index (κ1) is 19.1. The van der Waals surface area contributed by atoms with Crippen molar-refractivity contribution in [3.05, 3.63) is 70.1 Å². The maximum absolute atomic E-state index is 12.6. The summed E-state index contributed by atoms with van der Waals surface area (Å²) in [6, 6.07) is 13.9. The molecule has 5 nitrogen and oxygen atoms in total. The summed E-state index contributed by atoms with van der Waals surface area (Å²) in [7, 11) is 1.62. The van der Waals surface area contributed by atoms with Crippen LogP contribution in [0.1, 0.15) is 21.5 Å². The summed E-state index contributed by atoms with van der Waals surface area (Å²) < 4.78 is 5.66. The molecule has 0 saturated carbocycles. The Morgan fingerprint density at radius 3 is 2.44 bits per heavy atom. The highest BCUT2D eigenvalue weighted by Gasteiger charge is 2.31. The van der Waals surface area contributed by atoms with Gasteiger partial charge in [-0.3, -0.25) is 9.69 Å². The van der Waals surface area contributed by atoms with E-state index in [2.05, 4.69) is 0 Å². The molecular weight excluding hydrogens is 382 g/mol. The molecule has 1 aliphatic rings. The van der Waals surface area contributed by atoms with Crippen LogP contribution in [0.4, 0.5) is 0 Å². The number of ether oxygens (including phenoxy) is 1. The molecule has 1 heterocycles. The second kappa shape index (κ2) is 8.37. The number of amides is 1. The minimum Gasteiger partial charge on any atom is -0.545 e. The lowest BCUT2D eigenvalue weighted by Gasteiger charge is -2.14. The van der Waals surface area contributed by atoms with E-state index in [4.69, 9.17) is 17.0 Å². The maximum atomic E-state index is 12.6. The molecule has 1 amide bonds. The molecule has 0 atom stereocenters. The number of carboxylic acid groups (broad SMARTS) is 1. The van der Waals surface area contributed by atoms with Crippen LogP contribution in [0.25, 0.3) is 6.08 Å². The molecule has 0 N–H and O–H groups in total. The predicted molar refractivity (Wildman–Crippen MR) is 107 cm³/mol. The van der Waals surface area contributed by atoms with Crippen molar-refractivity contribution < 1.29 is 19.4 Å². The molecule has 0 aromatic heterocycles. The van der Waals surface area contributed by atoms with E-state index in [0.29, 0.717) is 22.2 Å². The minimum atomic E-state index is -1.23. The number of thiocarbonyl (C=S) groups is 1. The molecule has 1 aliphatic heterocycles. The molecule has 7 heteroatoms. The third-order valence-corrected chi connectivity index (χ3v) is 5.48. The third-order valence-electron chi connectivity index (χ3n) is 4.10. The molecule has 0 unspecified atom stereocenters. The predicted octanol–water partition coefficient (Wildman–Crippen LogP) is 2.50. The second-order valence-electron chi connectivity index (χ2n) is 5.84. The first-order valence-corrected chi connectivity index (χ1v) is 9.40. The Balaban J connectivity index is 1.67. The molecule has 2 aromatic rings. The lowest BCUT2D eigenvalue weighted by molar-refractivity contribution is -0.255. The third kappa shape index (κ3) is 4.56. The maximum Gasteiger partial charge on any atom is 0.266 e. The van der Waals surface area contributed by atoms with E-state index in [1.54, 1.807) is 30.2 Å². The van der Waals surface area contributed by atoms with Crippen molar-refractivity contribution in [3.8, 4) is 5.75 Å². The van der Waals surface area contributed by atoms with Crippen molar-refractivity contribution in [2.45, 2.75) is 6.42 Å². The molecule has 138 valence electrons. The zero-order valence-corrected chi connectivity index (χ0v) is 16.1. The monoisotopic (exact) mass is 398 g/mol. The van der Waals surface area contributed by atoms with Crippen LogP contribution < -0.4 is 9.84 Å². The molecule has 0 radical (unpaired) electrons. The first-order valence-electron chi connectivity index (χ1n) is 8.17. The van der Waals surface area contributed by atoms with E-state index >= 15 is 0 Å². The van der Waals surface area contributed by atoms with Crippen LogP contribution in [0.15, 0.2) is 53.4 Å². The normalized spacial score (nSPS) is 15.4. The van der Waals surface area contributed by atoms with Gasteiger partial charge >= 0.3 is 0 Å². The van der Waals surface area contributed by atoms with Gasteiger partial charge in [0.25, 0.3) is 5.91 Å². The highest BCUT2D eigenvalue weighted by atomic mass is 32.2. The zero-order valence-electron chi connectivity index (χ0n) is 14.5. The molecule has 1 fully saturated rings. The quantitative estimate of drug-likeness (QED) is 0.550. The van der Waals surface area contributed by atoms with Crippen molar-refractivity contribution in [3.63, 3.8) is 0 Å². The average Bonchev–Trinajstić information content (AvgIpc) is 2.94. The molecule has 3 rings (SSSR count). The largest absolute Gasteiger partial charge is 0.545 e. The number of carbonyl (C=O) groups is 2. The van der Waals surface area contributed by atoms with Crippen LogP contribution in [-0.2, 0) is 11.2 Å². The fraction of sp³-hybridized carbons (Fsp3) is 0.150. The number of rotatable bonds is 6. The molecule has 0 spiro atoms. The number of thioether (sulfide) groups is 1. The van der Waals surface area contributed by atoms with Crippen LogP contribution in [0.2, 0.25) is 0 Å². The summed E-state index contributed by atoms with van der Waals surface area (Å²) in [5.41, 5.74) is 1.92. The molecular formula is C20H16NO4S2-. The van der Waals surface area contributed by atoms with Gasteiger partial charge in [0.2, 0.25) is 0 Å². The molecule has 0 bridgehead atoms. The van der Waals surface area contributed by atoms with E-state index in [1.165, 1.54) is 23.9 Å². The van der Waals surface area contributed by atoms with Gasteiger partial charge in [-0.1, -0.05) is 60.4 Å². The van der Waals surface area contributed by atoms with Crippen LogP contribution in [0, 0.1) is 0 Å². The van der Waals surface area contributed by atoms with Gasteiger partial charge in [0.1, 0.15) is 10.1 Å². The Kier molecular flexibility index (Phi) is 5.93. The van der Waals surface area contributed by atoms with E-state index in [0.717, 1.165) is 16.9 Å².